The van der Waals surface area contributed by atoms with Crippen LogP contribution in [-0.4, -0.2) is 37.9 Å². The van der Waals surface area contributed by atoms with Gasteiger partial charge in [-0.05, 0) is 91.5 Å². The minimum absolute atomic E-state index is 0.602. The van der Waals surface area contributed by atoms with Crippen molar-refractivity contribution in [2.45, 2.75) is 26.3 Å². The largest absolute Gasteiger partial charge is 0.338 e. The van der Waals surface area contributed by atoms with E-state index in [4.69, 9.17) is 16.6 Å². The lowest BCUT2D eigenvalue weighted by atomic mass is 9.98. The summed E-state index contributed by atoms with van der Waals surface area (Å²) in [7, 11) is 0. The molecule has 1 aliphatic rings. The van der Waals surface area contributed by atoms with Gasteiger partial charge < -0.3 is 10.6 Å². The number of hydrogen-bond acceptors (Lipinski definition) is 7. The molecule has 1 aliphatic heterocycles. The zero-order valence-corrected chi connectivity index (χ0v) is 25.3. The van der Waals surface area contributed by atoms with Crippen molar-refractivity contribution in [1.29, 1.82) is 0 Å². The fourth-order valence-electron chi connectivity index (χ4n) is 5.92. The first-order chi connectivity index (χ1) is 21.6. The molecule has 218 valence electrons. The van der Waals surface area contributed by atoms with E-state index in [2.05, 4.69) is 62.2 Å². The van der Waals surface area contributed by atoms with E-state index in [9.17, 15) is 0 Å². The lowest BCUT2D eigenvalue weighted by molar-refractivity contribution is 0.331. The average molecular weight is 598 g/mol. The van der Waals surface area contributed by atoms with Crippen LogP contribution in [0.15, 0.2) is 92.0 Å². The summed E-state index contributed by atoms with van der Waals surface area (Å²) in [6.07, 6.45) is 11.7. The van der Waals surface area contributed by atoms with Gasteiger partial charge in [0.05, 0.1) is 10.7 Å². The topological polar surface area (TPSA) is 78.9 Å². The molecule has 0 bridgehead atoms. The molecule has 8 heteroatoms. The number of halogens is 1. The normalized spacial score (nSPS) is 13.4. The summed E-state index contributed by atoms with van der Waals surface area (Å²) in [5.74, 6) is 1.37. The van der Waals surface area contributed by atoms with Crippen LogP contribution in [0.5, 0.6) is 0 Å². The Morgan fingerprint density at radius 3 is 2.16 bits per heavy atom. The Kier molecular flexibility index (Phi) is 7.64. The average Bonchev–Trinajstić information content (AvgIpc) is 3.56. The third-order valence-electron chi connectivity index (χ3n) is 8.25. The van der Waals surface area contributed by atoms with Crippen molar-refractivity contribution in [2.75, 3.05) is 23.7 Å². The molecular weight excluding hydrogens is 566 g/mol. The Hall–Kier alpha value is -4.85. The number of nitrogens with one attached hydrogen (secondary N) is 2. The predicted molar refractivity (Wildman–Crippen MR) is 182 cm³/mol. The zero-order chi connectivity index (χ0) is 30.0. The summed E-state index contributed by atoms with van der Waals surface area (Å²) in [6, 6.07) is 20.4. The first-order valence-corrected chi connectivity index (χ1v) is 15.2. The van der Waals surface area contributed by atoms with Gasteiger partial charge in [0.25, 0.3) is 0 Å². The molecule has 7 rings (SSSR count). The first-order valence-electron chi connectivity index (χ1n) is 14.8. The van der Waals surface area contributed by atoms with E-state index < -0.39 is 0 Å². The number of hydrogen-bond donors (Lipinski definition) is 2. The molecule has 0 amide bonds. The molecule has 2 aromatic carbocycles. The van der Waals surface area contributed by atoms with Crippen LogP contribution in [0.3, 0.4) is 0 Å². The van der Waals surface area contributed by atoms with Crippen LogP contribution in [0.4, 0.5) is 23.0 Å². The maximum Gasteiger partial charge on any atom is 0.156 e. The fraction of sp³-hybridized carbons (Fsp3) is 0.167. The molecule has 0 radical (unpaired) electrons. The summed E-state index contributed by atoms with van der Waals surface area (Å²) in [5, 5.41) is 9.62. The second-order valence-electron chi connectivity index (χ2n) is 11.2. The Morgan fingerprint density at radius 1 is 0.795 bits per heavy atom. The Balaban J connectivity index is 1.18. The summed E-state index contributed by atoms with van der Waals surface area (Å²) >= 11 is 7.06. The second-order valence-corrected chi connectivity index (χ2v) is 11.5. The summed E-state index contributed by atoms with van der Waals surface area (Å²) < 4.78 is 0. The first kappa shape index (κ1) is 28.0. The molecular formula is C36H32ClN7. The number of likely N-dealkylation sites (tertiary alicyclic amines) is 1. The van der Waals surface area contributed by atoms with Crippen LogP contribution < -0.4 is 10.6 Å². The summed E-state index contributed by atoms with van der Waals surface area (Å²) in [4.78, 5) is 21.1. The van der Waals surface area contributed by atoms with Crippen molar-refractivity contribution < 1.29 is 0 Å². The number of aromatic nitrogens is 4. The van der Waals surface area contributed by atoms with E-state index in [1.54, 1.807) is 18.5 Å². The minimum Gasteiger partial charge on any atom is -0.338 e. The van der Waals surface area contributed by atoms with E-state index in [0.717, 1.165) is 80.9 Å². The van der Waals surface area contributed by atoms with Crippen molar-refractivity contribution >= 4 is 62.5 Å². The molecule has 1 fully saturated rings. The monoisotopic (exact) mass is 597 g/mol. The number of fused-ring (bicyclic) bond motifs is 2. The van der Waals surface area contributed by atoms with Gasteiger partial charge in [0.1, 0.15) is 11.0 Å². The van der Waals surface area contributed by atoms with Gasteiger partial charge in [-0.3, -0.25) is 14.9 Å². The molecule has 0 aliphatic carbocycles. The van der Waals surface area contributed by atoms with E-state index >= 15 is 0 Å². The third kappa shape index (κ3) is 5.48. The van der Waals surface area contributed by atoms with E-state index in [1.165, 1.54) is 18.4 Å². The second kappa shape index (κ2) is 12.0. The minimum atomic E-state index is 0.602. The zero-order valence-electron chi connectivity index (χ0n) is 24.5. The lowest BCUT2D eigenvalue weighted by Crippen LogP contribution is -2.18. The van der Waals surface area contributed by atoms with Gasteiger partial charge in [-0.1, -0.05) is 48.5 Å². The highest BCUT2D eigenvalue weighted by molar-refractivity contribution is 6.36. The Morgan fingerprint density at radius 2 is 1.43 bits per heavy atom. The van der Waals surface area contributed by atoms with Gasteiger partial charge in [0.2, 0.25) is 0 Å². The number of nitrogens with zero attached hydrogens (tertiary/aromatic N) is 5. The molecule has 5 heterocycles. The maximum absolute atomic E-state index is 7.06. The highest BCUT2D eigenvalue weighted by Crippen LogP contribution is 2.39. The van der Waals surface area contributed by atoms with Crippen molar-refractivity contribution in [3.63, 3.8) is 0 Å². The quantitative estimate of drug-likeness (QED) is 0.181. The van der Waals surface area contributed by atoms with Crippen molar-refractivity contribution in [2.24, 2.45) is 0 Å². The van der Waals surface area contributed by atoms with Crippen molar-refractivity contribution in [3.05, 3.63) is 114 Å². The van der Waals surface area contributed by atoms with Crippen LogP contribution in [0.2, 0.25) is 5.02 Å². The highest BCUT2D eigenvalue weighted by atomic mass is 35.5. The molecule has 0 atom stereocenters. The molecule has 44 heavy (non-hydrogen) atoms. The van der Waals surface area contributed by atoms with Crippen LogP contribution in [-0.2, 0) is 6.54 Å². The van der Waals surface area contributed by atoms with E-state index in [1.807, 2.05) is 54.9 Å². The number of pyridine rings is 4. The van der Waals surface area contributed by atoms with Gasteiger partial charge >= 0.3 is 0 Å². The molecule has 2 N–H and O–H groups in total. The molecule has 4 aromatic heterocycles. The third-order valence-corrected chi connectivity index (χ3v) is 8.65. The van der Waals surface area contributed by atoms with Gasteiger partial charge in [-0.2, -0.15) is 0 Å². The Bertz CT molecular complexity index is 2020. The maximum atomic E-state index is 7.06. The molecule has 1 saturated heterocycles. The van der Waals surface area contributed by atoms with Crippen molar-refractivity contribution in [3.8, 4) is 11.1 Å². The van der Waals surface area contributed by atoms with Crippen LogP contribution in [0.1, 0.15) is 29.5 Å². The molecule has 6 aromatic rings. The van der Waals surface area contributed by atoms with Gasteiger partial charge in [0, 0.05) is 53.4 Å². The van der Waals surface area contributed by atoms with Crippen LogP contribution >= 0.6 is 11.6 Å². The molecule has 0 unspecified atom stereocenters. The number of rotatable bonds is 8. The van der Waals surface area contributed by atoms with Crippen molar-refractivity contribution in [1.82, 2.24) is 24.8 Å². The lowest BCUT2D eigenvalue weighted by Gasteiger charge is -2.17. The molecule has 0 saturated carbocycles. The van der Waals surface area contributed by atoms with Gasteiger partial charge in [-0.15, -0.1) is 0 Å². The smallest absolute Gasteiger partial charge is 0.156 e. The molecule has 7 nitrogen and oxygen atoms in total. The fourth-order valence-corrected chi connectivity index (χ4v) is 6.19. The SMILES string of the molecule is C=Cc1cnc2c(Nc3cccc(-c4cccc(Nc5nccc6cc(CN7CCCC7)cnc56)c4C)c3Cl)nccc2c1. The van der Waals surface area contributed by atoms with E-state index in [-0.39, 0.29) is 0 Å². The number of anilines is 4. The Labute approximate surface area is 261 Å². The molecule has 0 spiro atoms. The van der Waals surface area contributed by atoms with Gasteiger partial charge in [0.15, 0.2) is 11.6 Å². The van der Waals surface area contributed by atoms with Gasteiger partial charge in [-0.25, -0.2) is 9.97 Å². The highest BCUT2D eigenvalue weighted by Gasteiger charge is 2.16. The predicted octanol–water partition coefficient (Wildman–Crippen LogP) is 8.93. The summed E-state index contributed by atoms with van der Waals surface area (Å²) in [5.41, 5.74) is 8.48. The van der Waals surface area contributed by atoms with Crippen LogP contribution in [0, 0.1) is 6.92 Å². The standard InChI is InChI=1S/C36H32ClN7/c1-3-24-18-26-12-14-39-36(33(26)40-20-24)43-31-11-7-9-29(32(31)37)28-8-6-10-30(23(28)2)42-35-34-27(13-15-38-35)19-25(21-41-34)22-44-16-4-5-17-44/h3,6-15,18-21H,1,4-5,16-17,22H2,2H3,(H,38,42)(H,39,43). The van der Waals surface area contributed by atoms with Crippen LogP contribution in [0.25, 0.3) is 39.0 Å². The van der Waals surface area contributed by atoms with E-state index in [0.29, 0.717) is 10.8 Å². The summed E-state index contributed by atoms with van der Waals surface area (Å²) in [6.45, 7) is 9.20. The number of benzene rings is 2.